The summed E-state index contributed by atoms with van der Waals surface area (Å²) in [5.41, 5.74) is 1.14. The van der Waals surface area contributed by atoms with Crippen LogP contribution in [0.3, 0.4) is 0 Å². The van der Waals surface area contributed by atoms with Crippen LogP contribution in [0.15, 0.2) is 24.3 Å². The standard InChI is InChI=1S/C13H19FO/c1-2-4-13(15)6-3-5-11-7-9-12(14)10-8-11/h7-10,13,15H,2-6H2,1H3. The van der Waals surface area contributed by atoms with Crippen molar-refractivity contribution in [3.63, 3.8) is 0 Å². The molecule has 0 aromatic heterocycles. The number of hydrogen-bond acceptors (Lipinski definition) is 1. The van der Waals surface area contributed by atoms with E-state index in [1.54, 1.807) is 0 Å². The third-order valence-electron chi connectivity index (χ3n) is 2.54. The highest BCUT2D eigenvalue weighted by Gasteiger charge is 2.02. The Balaban J connectivity index is 2.22. The van der Waals surface area contributed by atoms with Gasteiger partial charge >= 0.3 is 0 Å². The fourth-order valence-electron chi connectivity index (χ4n) is 1.67. The summed E-state index contributed by atoms with van der Waals surface area (Å²) in [4.78, 5) is 0. The monoisotopic (exact) mass is 210 g/mol. The van der Waals surface area contributed by atoms with E-state index in [9.17, 15) is 9.50 Å². The fraction of sp³-hybridized carbons (Fsp3) is 0.538. The first-order valence-electron chi connectivity index (χ1n) is 5.65. The Morgan fingerprint density at radius 1 is 1.20 bits per heavy atom. The van der Waals surface area contributed by atoms with Crippen molar-refractivity contribution < 1.29 is 9.50 Å². The Morgan fingerprint density at radius 2 is 1.87 bits per heavy atom. The van der Waals surface area contributed by atoms with E-state index in [2.05, 4.69) is 6.92 Å². The first-order valence-corrected chi connectivity index (χ1v) is 5.65. The average Bonchev–Trinajstić information content (AvgIpc) is 2.21. The Labute approximate surface area is 90.9 Å². The van der Waals surface area contributed by atoms with Gasteiger partial charge in [-0.3, -0.25) is 0 Å². The lowest BCUT2D eigenvalue weighted by atomic mass is 10.0. The lowest BCUT2D eigenvalue weighted by molar-refractivity contribution is 0.151. The third kappa shape index (κ3) is 4.93. The molecule has 84 valence electrons. The van der Waals surface area contributed by atoms with Crippen molar-refractivity contribution in [1.29, 1.82) is 0 Å². The number of benzene rings is 1. The maximum Gasteiger partial charge on any atom is 0.123 e. The minimum absolute atomic E-state index is 0.171. The van der Waals surface area contributed by atoms with Crippen molar-refractivity contribution in [3.8, 4) is 0 Å². The molecule has 1 nitrogen and oxygen atoms in total. The zero-order valence-electron chi connectivity index (χ0n) is 9.25. The molecule has 15 heavy (non-hydrogen) atoms. The molecular weight excluding hydrogens is 191 g/mol. The first kappa shape index (κ1) is 12.2. The van der Waals surface area contributed by atoms with Gasteiger partial charge in [0.15, 0.2) is 0 Å². The van der Waals surface area contributed by atoms with Gasteiger partial charge in [0.05, 0.1) is 6.10 Å². The molecule has 0 aliphatic rings. The van der Waals surface area contributed by atoms with E-state index < -0.39 is 0 Å². The average molecular weight is 210 g/mol. The van der Waals surface area contributed by atoms with E-state index >= 15 is 0 Å². The summed E-state index contributed by atoms with van der Waals surface area (Å²) in [5.74, 6) is -0.190. The van der Waals surface area contributed by atoms with E-state index in [1.807, 2.05) is 12.1 Å². The van der Waals surface area contributed by atoms with Crippen LogP contribution in [0.5, 0.6) is 0 Å². The molecule has 1 aromatic rings. The van der Waals surface area contributed by atoms with Crippen LogP contribution in [-0.4, -0.2) is 11.2 Å². The molecule has 0 spiro atoms. The molecule has 0 amide bonds. The second-order valence-electron chi connectivity index (χ2n) is 3.96. The molecule has 0 bridgehead atoms. The molecule has 0 heterocycles. The minimum Gasteiger partial charge on any atom is -0.393 e. The van der Waals surface area contributed by atoms with Crippen molar-refractivity contribution in [1.82, 2.24) is 0 Å². The second kappa shape index (κ2) is 6.57. The van der Waals surface area contributed by atoms with E-state index in [1.165, 1.54) is 12.1 Å². The Bertz CT molecular complexity index is 268. The lowest BCUT2D eigenvalue weighted by Crippen LogP contribution is -2.05. The Hall–Kier alpha value is -0.890. The predicted molar refractivity (Wildman–Crippen MR) is 60.3 cm³/mol. The number of aliphatic hydroxyl groups is 1. The zero-order valence-corrected chi connectivity index (χ0v) is 9.25. The molecule has 1 rings (SSSR count). The van der Waals surface area contributed by atoms with Crippen LogP contribution in [-0.2, 0) is 6.42 Å². The van der Waals surface area contributed by atoms with Crippen LogP contribution in [0.2, 0.25) is 0 Å². The van der Waals surface area contributed by atoms with Crippen molar-refractivity contribution in [3.05, 3.63) is 35.6 Å². The summed E-state index contributed by atoms with van der Waals surface area (Å²) in [6, 6.07) is 6.58. The van der Waals surface area contributed by atoms with Gasteiger partial charge in [0.2, 0.25) is 0 Å². The van der Waals surface area contributed by atoms with Crippen LogP contribution < -0.4 is 0 Å². The van der Waals surface area contributed by atoms with Gasteiger partial charge in [-0.05, 0) is 43.4 Å². The first-order chi connectivity index (χ1) is 7.22. The molecule has 0 radical (unpaired) electrons. The smallest absolute Gasteiger partial charge is 0.123 e. The topological polar surface area (TPSA) is 20.2 Å². The normalized spacial score (nSPS) is 12.7. The van der Waals surface area contributed by atoms with Gasteiger partial charge in [-0.1, -0.05) is 25.5 Å². The summed E-state index contributed by atoms with van der Waals surface area (Å²) in [5, 5.41) is 9.51. The summed E-state index contributed by atoms with van der Waals surface area (Å²) in [7, 11) is 0. The molecule has 2 heteroatoms. The molecule has 0 aliphatic carbocycles. The number of hydrogen-bond donors (Lipinski definition) is 1. The highest BCUT2D eigenvalue weighted by molar-refractivity contribution is 5.15. The predicted octanol–water partition coefficient (Wildman–Crippen LogP) is 3.31. The molecular formula is C13H19FO. The maximum absolute atomic E-state index is 12.6. The van der Waals surface area contributed by atoms with Crippen molar-refractivity contribution >= 4 is 0 Å². The lowest BCUT2D eigenvalue weighted by Gasteiger charge is -2.08. The van der Waals surface area contributed by atoms with Gasteiger partial charge in [0, 0.05) is 0 Å². The minimum atomic E-state index is -0.190. The fourth-order valence-corrected chi connectivity index (χ4v) is 1.67. The van der Waals surface area contributed by atoms with E-state index in [-0.39, 0.29) is 11.9 Å². The van der Waals surface area contributed by atoms with Gasteiger partial charge in [0.25, 0.3) is 0 Å². The van der Waals surface area contributed by atoms with Crippen molar-refractivity contribution in [2.75, 3.05) is 0 Å². The molecule has 0 saturated carbocycles. The van der Waals surface area contributed by atoms with Crippen LogP contribution >= 0.6 is 0 Å². The highest BCUT2D eigenvalue weighted by Crippen LogP contribution is 2.10. The van der Waals surface area contributed by atoms with E-state index in [0.29, 0.717) is 0 Å². The van der Waals surface area contributed by atoms with Crippen molar-refractivity contribution in [2.24, 2.45) is 0 Å². The van der Waals surface area contributed by atoms with Crippen LogP contribution in [0.25, 0.3) is 0 Å². The number of halogens is 1. The molecule has 0 aliphatic heterocycles. The largest absolute Gasteiger partial charge is 0.393 e. The van der Waals surface area contributed by atoms with Gasteiger partial charge < -0.3 is 5.11 Å². The summed E-state index contributed by atoms with van der Waals surface area (Å²) >= 11 is 0. The highest BCUT2D eigenvalue weighted by atomic mass is 19.1. The molecule has 1 aromatic carbocycles. The molecule has 1 unspecified atom stereocenters. The van der Waals surface area contributed by atoms with Gasteiger partial charge in [-0.2, -0.15) is 0 Å². The van der Waals surface area contributed by atoms with Gasteiger partial charge in [-0.25, -0.2) is 4.39 Å². The molecule has 0 saturated heterocycles. The van der Waals surface area contributed by atoms with Crippen LogP contribution in [0, 0.1) is 5.82 Å². The third-order valence-corrected chi connectivity index (χ3v) is 2.54. The SMILES string of the molecule is CCCC(O)CCCc1ccc(F)cc1. The van der Waals surface area contributed by atoms with Crippen molar-refractivity contribution in [2.45, 2.75) is 45.1 Å². The van der Waals surface area contributed by atoms with Gasteiger partial charge in [0.1, 0.15) is 5.82 Å². The quantitative estimate of drug-likeness (QED) is 0.763. The van der Waals surface area contributed by atoms with Crippen LogP contribution in [0.4, 0.5) is 4.39 Å². The van der Waals surface area contributed by atoms with E-state index in [0.717, 1.165) is 37.7 Å². The number of aryl methyl sites for hydroxylation is 1. The maximum atomic E-state index is 12.6. The number of rotatable bonds is 6. The Morgan fingerprint density at radius 3 is 2.47 bits per heavy atom. The summed E-state index contributed by atoms with van der Waals surface area (Å²) in [6.45, 7) is 2.07. The summed E-state index contributed by atoms with van der Waals surface area (Å²) in [6.07, 6.45) is 4.45. The second-order valence-corrected chi connectivity index (χ2v) is 3.96. The molecule has 0 fully saturated rings. The zero-order chi connectivity index (χ0) is 11.1. The molecule has 1 atom stereocenters. The van der Waals surface area contributed by atoms with E-state index in [4.69, 9.17) is 0 Å². The Kier molecular flexibility index (Phi) is 5.33. The molecule has 1 N–H and O–H groups in total. The van der Waals surface area contributed by atoms with Gasteiger partial charge in [-0.15, -0.1) is 0 Å². The summed E-state index contributed by atoms with van der Waals surface area (Å²) < 4.78 is 12.6. The van der Waals surface area contributed by atoms with Crippen LogP contribution in [0.1, 0.15) is 38.2 Å². The number of aliphatic hydroxyl groups excluding tert-OH is 1.